The van der Waals surface area contributed by atoms with Crippen molar-refractivity contribution < 1.29 is 0 Å². The van der Waals surface area contributed by atoms with E-state index in [1.807, 2.05) is 0 Å². The number of rotatable bonds is 2. The van der Waals surface area contributed by atoms with Gasteiger partial charge in [-0.3, -0.25) is 0 Å². The summed E-state index contributed by atoms with van der Waals surface area (Å²) in [4.78, 5) is 0. The average molecular weight is 251 g/mol. The second-order valence-corrected chi connectivity index (χ2v) is 5.61. The van der Waals surface area contributed by atoms with E-state index in [1.54, 1.807) is 0 Å². The Hall–Kier alpha value is -1.76. The molecule has 0 atom stereocenters. The lowest BCUT2D eigenvalue weighted by Crippen LogP contribution is -1.99. The quantitative estimate of drug-likeness (QED) is 0.603. The largest absolute Gasteiger partial charge is 0.343 e. The molecule has 2 aromatic carbocycles. The molecule has 0 saturated carbocycles. The molecule has 0 N–H and O–H groups in total. The molecule has 1 nitrogen and oxygen atoms in total. The Morgan fingerprint density at radius 3 is 2.42 bits per heavy atom. The molecule has 0 saturated heterocycles. The van der Waals surface area contributed by atoms with Crippen LogP contribution < -0.4 is 0 Å². The van der Waals surface area contributed by atoms with Crippen molar-refractivity contribution in [2.75, 3.05) is 0 Å². The lowest BCUT2D eigenvalue weighted by atomic mass is 9.93. The number of aromatic nitrogens is 1. The molecule has 0 aliphatic rings. The zero-order chi connectivity index (χ0) is 13.6. The van der Waals surface area contributed by atoms with Crippen molar-refractivity contribution in [2.24, 2.45) is 7.05 Å². The predicted molar refractivity (Wildman–Crippen MR) is 83.9 cm³/mol. The predicted octanol–water partition coefficient (Wildman–Crippen LogP) is 5.02. The van der Waals surface area contributed by atoms with E-state index in [0.29, 0.717) is 5.92 Å². The molecule has 0 aliphatic carbocycles. The second-order valence-electron chi connectivity index (χ2n) is 5.61. The Morgan fingerprint density at radius 1 is 1.00 bits per heavy atom. The van der Waals surface area contributed by atoms with Gasteiger partial charge < -0.3 is 4.57 Å². The van der Waals surface area contributed by atoms with Crippen LogP contribution in [0.3, 0.4) is 0 Å². The molecule has 0 unspecified atom stereocenters. The van der Waals surface area contributed by atoms with Crippen LogP contribution in [0.5, 0.6) is 0 Å². The van der Waals surface area contributed by atoms with Crippen molar-refractivity contribution in [3.8, 4) is 0 Å². The van der Waals surface area contributed by atoms with Gasteiger partial charge in [0.05, 0.1) is 5.52 Å². The molecule has 0 fully saturated rings. The third kappa shape index (κ3) is 1.68. The minimum Gasteiger partial charge on any atom is -0.343 e. The minimum absolute atomic E-state index is 0.581. The van der Waals surface area contributed by atoms with Gasteiger partial charge in [0.1, 0.15) is 0 Å². The van der Waals surface area contributed by atoms with Crippen LogP contribution in [0.25, 0.3) is 21.8 Å². The molecular formula is C18H21N. The highest BCUT2D eigenvalue weighted by Crippen LogP contribution is 2.34. The number of fused-ring (bicyclic) bond motifs is 3. The van der Waals surface area contributed by atoms with E-state index in [0.717, 1.165) is 6.42 Å². The molecule has 1 heterocycles. The van der Waals surface area contributed by atoms with E-state index in [-0.39, 0.29) is 0 Å². The third-order valence-electron chi connectivity index (χ3n) is 4.19. The first-order valence-electron chi connectivity index (χ1n) is 7.14. The molecule has 0 aliphatic heterocycles. The highest BCUT2D eigenvalue weighted by molar-refractivity contribution is 6.09. The number of para-hydroxylation sites is 1. The first-order valence-corrected chi connectivity index (χ1v) is 7.14. The summed E-state index contributed by atoms with van der Waals surface area (Å²) in [6.07, 6.45) is 1.09. The van der Waals surface area contributed by atoms with Crippen molar-refractivity contribution in [1.82, 2.24) is 4.57 Å². The number of hydrogen-bond acceptors (Lipinski definition) is 0. The molecule has 3 aromatic rings. The Kier molecular flexibility index (Phi) is 2.85. The molecule has 1 heteroatoms. The number of benzene rings is 2. The molecule has 0 amide bonds. The molecule has 0 radical (unpaired) electrons. The first kappa shape index (κ1) is 12.3. The minimum atomic E-state index is 0.581. The molecule has 1 aromatic heterocycles. The lowest BCUT2D eigenvalue weighted by molar-refractivity contribution is 0.844. The van der Waals surface area contributed by atoms with Gasteiger partial charge in [0.2, 0.25) is 0 Å². The van der Waals surface area contributed by atoms with E-state index < -0.39 is 0 Å². The zero-order valence-corrected chi connectivity index (χ0v) is 12.2. The van der Waals surface area contributed by atoms with E-state index in [1.165, 1.54) is 32.9 Å². The summed E-state index contributed by atoms with van der Waals surface area (Å²) in [5.74, 6) is 0.581. The summed E-state index contributed by atoms with van der Waals surface area (Å²) in [6.45, 7) is 6.82. The van der Waals surface area contributed by atoms with Gasteiger partial charge in [-0.1, -0.05) is 51.1 Å². The molecule has 3 rings (SSSR count). The maximum atomic E-state index is 2.36. The van der Waals surface area contributed by atoms with Gasteiger partial charge >= 0.3 is 0 Å². The van der Waals surface area contributed by atoms with Gasteiger partial charge in [-0.25, -0.2) is 0 Å². The van der Waals surface area contributed by atoms with Gasteiger partial charge in [-0.15, -0.1) is 0 Å². The topological polar surface area (TPSA) is 4.93 Å². The number of hydrogen-bond donors (Lipinski definition) is 0. The van der Waals surface area contributed by atoms with Crippen molar-refractivity contribution in [1.29, 1.82) is 0 Å². The van der Waals surface area contributed by atoms with Crippen LogP contribution in [0.1, 0.15) is 37.8 Å². The van der Waals surface area contributed by atoms with E-state index in [2.05, 4.69) is 68.8 Å². The van der Waals surface area contributed by atoms with E-state index >= 15 is 0 Å². The Morgan fingerprint density at radius 2 is 1.74 bits per heavy atom. The van der Waals surface area contributed by atoms with Crippen LogP contribution in [0.2, 0.25) is 0 Å². The Balaban J connectivity index is 2.52. The van der Waals surface area contributed by atoms with Crippen LogP contribution in [0.15, 0.2) is 36.4 Å². The highest BCUT2D eigenvalue weighted by Gasteiger charge is 2.15. The molecular weight excluding hydrogens is 230 g/mol. The maximum absolute atomic E-state index is 2.36. The van der Waals surface area contributed by atoms with Crippen molar-refractivity contribution in [2.45, 2.75) is 33.1 Å². The van der Waals surface area contributed by atoms with Crippen molar-refractivity contribution in [3.05, 3.63) is 47.5 Å². The van der Waals surface area contributed by atoms with Crippen LogP contribution in [0, 0.1) is 0 Å². The zero-order valence-electron chi connectivity index (χ0n) is 12.2. The Labute approximate surface area is 114 Å². The normalized spacial score (nSPS) is 11.8. The van der Waals surface area contributed by atoms with E-state index in [4.69, 9.17) is 0 Å². The van der Waals surface area contributed by atoms with Crippen molar-refractivity contribution in [3.63, 3.8) is 0 Å². The number of aryl methyl sites for hydroxylation is 2. The fourth-order valence-corrected chi connectivity index (χ4v) is 3.28. The SMILES string of the molecule is CCc1c(C(C)C)ccc2c3ccccc3n(C)c12. The molecule has 19 heavy (non-hydrogen) atoms. The summed E-state index contributed by atoms with van der Waals surface area (Å²) >= 11 is 0. The summed E-state index contributed by atoms with van der Waals surface area (Å²) in [6, 6.07) is 13.3. The standard InChI is InChI=1S/C18H21N/c1-5-13-14(12(2)3)10-11-16-15-8-6-7-9-17(15)19(4)18(13)16/h6-12H,5H2,1-4H3. The van der Waals surface area contributed by atoms with Gasteiger partial charge in [0.25, 0.3) is 0 Å². The Bertz CT molecular complexity index is 747. The van der Waals surface area contributed by atoms with Crippen LogP contribution in [-0.4, -0.2) is 4.57 Å². The molecule has 0 spiro atoms. The summed E-state index contributed by atoms with van der Waals surface area (Å²) < 4.78 is 2.36. The first-order chi connectivity index (χ1) is 9.15. The molecule has 98 valence electrons. The lowest BCUT2D eigenvalue weighted by Gasteiger charge is -2.14. The second kappa shape index (κ2) is 4.41. The fourth-order valence-electron chi connectivity index (χ4n) is 3.28. The summed E-state index contributed by atoms with van der Waals surface area (Å²) in [5.41, 5.74) is 5.73. The van der Waals surface area contributed by atoms with Gasteiger partial charge in [0, 0.05) is 23.3 Å². The van der Waals surface area contributed by atoms with Crippen LogP contribution >= 0.6 is 0 Å². The highest BCUT2D eigenvalue weighted by atomic mass is 14.9. The third-order valence-corrected chi connectivity index (χ3v) is 4.19. The number of nitrogens with zero attached hydrogens (tertiary/aromatic N) is 1. The smallest absolute Gasteiger partial charge is 0.0524 e. The van der Waals surface area contributed by atoms with Crippen LogP contribution in [-0.2, 0) is 13.5 Å². The van der Waals surface area contributed by atoms with Gasteiger partial charge in [0.15, 0.2) is 0 Å². The molecule has 0 bridgehead atoms. The van der Waals surface area contributed by atoms with Gasteiger partial charge in [-0.05, 0) is 29.5 Å². The fraction of sp³-hybridized carbons (Fsp3) is 0.333. The van der Waals surface area contributed by atoms with E-state index in [9.17, 15) is 0 Å². The van der Waals surface area contributed by atoms with Crippen LogP contribution in [0.4, 0.5) is 0 Å². The maximum Gasteiger partial charge on any atom is 0.0524 e. The van der Waals surface area contributed by atoms with Crippen molar-refractivity contribution >= 4 is 21.8 Å². The monoisotopic (exact) mass is 251 g/mol. The summed E-state index contributed by atoms with van der Waals surface area (Å²) in [7, 11) is 2.19. The van der Waals surface area contributed by atoms with Gasteiger partial charge in [-0.2, -0.15) is 0 Å². The summed E-state index contributed by atoms with van der Waals surface area (Å²) in [5, 5.41) is 2.75. The average Bonchev–Trinajstić information content (AvgIpc) is 2.72.